The average Bonchev–Trinajstić information content (AvgIpc) is 3.66. The van der Waals surface area contributed by atoms with Gasteiger partial charge in [0.1, 0.15) is 11.7 Å². The second-order valence-corrected chi connectivity index (χ2v) is 10.6. The lowest BCUT2D eigenvalue weighted by Crippen LogP contribution is -2.40. The van der Waals surface area contributed by atoms with Crippen molar-refractivity contribution in [3.63, 3.8) is 0 Å². The van der Waals surface area contributed by atoms with Gasteiger partial charge in [-0.05, 0) is 54.3 Å². The van der Waals surface area contributed by atoms with Gasteiger partial charge in [-0.2, -0.15) is 18.3 Å². The molecule has 2 aliphatic carbocycles. The van der Waals surface area contributed by atoms with E-state index in [0.717, 1.165) is 17.7 Å². The molecule has 3 amide bonds. The predicted molar refractivity (Wildman–Crippen MR) is 125 cm³/mol. The molecule has 3 fully saturated rings. The van der Waals surface area contributed by atoms with Crippen molar-refractivity contribution in [3.8, 4) is 0 Å². The zero-order valence-corrected chi connectivity index (χ0v) is 20.6. The number of amides is 3. The summed E-state index contributed by atoms with van der Waals surface area (Å²) in [6, 6.07) is -1.36. The number of alkyl halides is 3. The molecule has 2 saturated carbocycles. The van der Waals surface area contributed by atoms with Crippen LogP contribution in [0.5, 0.6) is 0 Å². The van der Waals surface area contributed by atoms with Gasteiger partial charge in [-0.25, -0.2) is 18.9 Å². The van der Waals surface area contributed by atoms with Gasteiger partial charge < -0.3 is 15.5 Å². The predicted octanol–water partition coefficient (Wildman–Crippen LogP) is 3.17. The molecule has 6 rings (SSSR count). The van der Waals surface area contributed by atoms with Crippen LogP contribution in [-0.4, -0.2) is 60.5 Å². The first-order valence-electron chi connectivity index (χ1n) is 12.7. The Bertz CT molecular complexity index is 1360. The van der Waals surface area contributed by atoms with E-state index >= 15 is 0 Å². The van der Waals surface area contributed by atoms with Crippen LogP contribution in [0.25, 0.3) is 5.65 Å². The quantitative estimate of drug-likeness (QED) is 0.499. The van der Waals surface area contributed by atoms with E-state index < -0.39 is 30.7 Å². The highest BCUT2D eigenvalue weighted by atomic mass is 19.4. The van der Waals surface area contributed by atoms with E-state index in [4.69, 9.17) is 9.61 Å². The number of carbonyl (C=O) groups is 2. The van der Waals surface area contributed by atoms with Crippen LogP contribution in [0, 0.1) is 24.7 Å². The Morgan fingerprint density at radius 1 is 1.26 bits per heavy atom. The second-order valence-electron chi connectivity index (χ2n) is 10.6. The number of hydrogen-bond acceptors (Lipinski definition) is 7. The summed E-state index contributed by atoms with van der Waals surface area (Å²) in [6.07, 6.45) is 4.36. The van der Waals surface area contributed by atoms with Crippen molar-refractivity contribution in [2.24, 2.45) is 17.8 Å². The van der Waals surface area contributed by atoms with Crippen LogP contribution < -0.4 is 10.6 Å². The summed E-state index contributed by atoms with van der Waals surface area (Å²) < 4.78 is 45.4. The SMILES string of the molecule is Cc1nonc1C(=O)NC(c1cn2ncc(CN3CC(C(F)(F)F)NC3=O)cc2n1)C1CC2CCCC2C1. The fourth-order valence-electron chi connectivity index (χ4n) is 6.26. The van der Waals surface area contributed by atoms with Crippen LogP contribution in [0.3, 0.4) is 0 Å². The summed E-state index contributed by atoms with van der Waals surface area (Å²) in [5.74, 6) is 1.08. The molecule has 202 valence electrons. The van der Waals surface area contributed by atoms with Crippen LogP contribution in [0.4, 0.5) is 18.0 Å². The maximum atomic E-state index is 13.1. The largest absolute Gasteiger partial charge is 0.410 e. The van der Waals surface area contributed by atoms with E-state index in [0.29, 0.717) is 34.4 Å². The number of nitrogens with one attached hydrogen (secondary N) is 2. The number of hydrogen-bond donors (Lipinski definition) is 2. The molecule has 2 N–H and O–H groups in total. The first-order valence-corrected chi connectivity index (χ1v) is 12.7. The molecule has 4 atom stereocenters. The minimum Gasteiger partial charge on any atom is -0.342 e. The third-order valence-corrected chi connectivity index (χ3v) is 8.12. The van der Waals surface area contributed by atoms with E-state index in [1.165, 1.54) is 25.5 Å². The zero-order chi connectivity index (χ0) is 26.6. The Hall–Kier alpha value is -3.71. The first kappa shape index (κ1) is 24.6. The lowest BCUT2D eigenvalue weighted by atomic mass is 9.92. The topological polar surface area (TPSA) is 131 Å². The van der Waals surface area contributed by atoms with Gasteiger partial charge in [-0.15, -0.1) is 0 Å². The highest BCUT2D eigenvalue weighted by molar-refractivity contribution is 5.93. The molecule has 4 unspecified atom stereocenters. The van der Waals surface area contributed by atoms with Crippen LogP contribution in [0.2, 0.25) is 0 Å². The summed E-state index contributed by atoms with van der Waals surface area (Å²) in [5, 5.41) is 16.9. The van der Waals surface area contributed by atoms with Crippen LogP contribution >= 0.6 is 0 Å². The summed E-state index contributed by atoms with van der Waals surface area (Å²) in [6.45, 7) is 1.14. The standard InChI is InChI=1S/C24H27F3N8O3/c1-12-20(33-38-32-12)22(36)31-21(16-6-14-3-2-4-15(14)7-16)17-10-35-19(29-17)5-13(8-28-35)9-34-11-18(24(25,26)27)30-23(34)37/h5,8,10,14-16,18,21H,2-4,6-7,9,11H2,1H3,(H,30,37)(H,31,36). The third-order valence-electron chi connectivity index (χ3n) is 8.12. The molecule has 3 aromatic heterocycles. The molecule has 3 aliphatic rings. The number of aryl methyl sites for hydroxylation is 1. The molecule has 0 spiro atoms. The summed E-state index contributed by atoms with van der Waals surface area (Å²) in [7, 11) is 0. The van der Waals surface area contributed by atoms with Gasteiger partial charge in [-0.1, -0.05) is 24.4 Å². The van der Waals surface area contributed by atoms with Gasteiger partial charge in [0.15, 0.2) is 11.3 Å². The third kappa shape index (κ3) is 4.56. The van der Waals surface area contributed by atoms with E-state index in [2.05, 4.69) is 20.7 Å². The highest BCUT2D eigenvalue weighted by Gasteiger charge is 2.47. The van der Waals surface area contributed by atoms with E-state index in [9.17, 15) is 22.8 Å². The van der Waals surface area contributed by atoms with Gasteiger partial charge in [0.2, 0.25) is 0 Å². The van der Waals surface area contributed by atoms with Crippen LogP contribution in [0.15, 0.2) is 23.1 Å². The number of imidazole rings is 1. The minimum absolute atomic E-state index is 0.0330. The summed E-state index contributed by atoms with van der Waals surface area (Å²) >= 11 is 0. The highest BCUT2D eigenvalue weighted by Crippen LogP contribution is 2.50. The molecule has 11 nitrogen and oxygen atoms in total. The van der Waals surface area contributed by atoms with Crippen LogP contribution in [-0.2, 0) is 6.54 Å². The Balaban J connectivity index is 1.25. The van der Waals surface area contributed by atoms with Gasteiger partial charge in [-0.3, -0.25) is 4.79 Å². The Labute approximate surface area is 215 Å². The lowest BCUT2D eigenvalue weighted by Gasteiger charge is -2.23. The Morgan fingerprint density at radius 2 is 2.03 bits per heavy atom. The normalized spacial score (nSPS) is 26.1. The molecule has 4 heterocycles. The molecule has 3 aromatic rings. The van der Waals surface area contributed by atoms with Gasteiger partial charge in [0.25, 0.3) is 5.91 Å². The number of fused-ring (bicyclic) bond motifs is 2. The molecule has 14 heteroatoms. The second kappa shape index (κ2) is 9.24. The molecule has 0 bridgehead atoms. The molecule has 1 saturated heterocycles. The number of halogens is 3. The fourth-order valence-corrected chi connectivity index (χ4v) is 6.26. The number of rotatable bonds is 6. The van der Waals surface area contributed by atoms with E-state index in [1.807, 2.05) is 5.32 Å². The zero-order valence-electron chi connectivity index (χ0n) is 20.6. The average molecular weight is 533 g/mol. The van der Waals surface area contributed by atoms with Gasteiger partial charge >= 0.3 is 12.2 Å². The van der Waals surface area contributed by atoms with Crippen molar-refractivity contribution in [1.82, 2.24) is 40.4 Å². The van der Waals surface area contributed by atoms with Crippen molar-refractivity contribution in [2.75, 3.05) is 6.54 Å². The number of aromatic nitrogens is 5. The van der Waals surface area contributed by atoms with Gasteiger partial charge in [0, 0.05) is 6.54 Å². The summed E-state index contributed by atoms with van der Waals surface area (Å²) in [4.78, 5) is 31.0. The fraction of sp³-hybridized carbons (Fsp3) is 0.583. The number of urea groups is 1. The monoisotopic (exact) mass is 532 g/mol. The molecule has 0 aromatic carbocycles. The molecule has 1 aliphatic heterocycles. The lowest BCUT2D eigenvalue weighted by molar-refractivity contribution is -0.149. The number of nitrogens with zero attached hydrogens (tertiary/aromatic N) is 6. The van der Waals surface area contributed by atoms with Gasteiger partial charge in [0.05, 0.1) is 30.7 Å². The smallest absolute Gasteiger partial charge is 0.342 e. The van der Waals surface area contributed by atoms with E-state index in [-0.39, 0.29) is 24.2 Å². The van der Waals surface area contributed by atoms with Crippen molar-refractivity contribution < 1.29 is 27.4 Å². The Kier molecular flexibility index (Phi) is 5.99. The van der Waals surface area contributed by atoms with Crippen molar-refractivity contribution in [1.29, 1.82) is 0 Å². The number of carbonyl (C=O) groups excluding carboxylic acids is 2. The maximum Gasteiger partial charge on any atom is 0.410 e. The minimum atomic E-state index is -4.51. The molecule has 38 heavy (non-hydrogen) atoms. The van der Waals surface area contributed by atoms with Crippen molar-refractivity contribution >= 4 is 17.6 Å². The molecular formula is C24H27F3N8O3. The molecular weight excluding hydrogens is 505 g/mol. The van der Waals surface area contributed by atoms with Crippen molar-refractivity contribution in [3.05, 3.63) is 41.1 Å². The first-order chi connectivity index (χ1) is 18.2. The maximum absolute atomic E-state index is 13.1. The summed E-state index contributed by atoms with van der Waals surface area (Å²) in [5.41, 5.74) is 2.18. The van der Waals surface area contributed by atoms with E-state index in [1.54, 1.807) is 23.7 Å². The van der Waals surface area contributed by atoms with Crippen molar-refractivity contribution in [2.45, 2.75) is 63.8 Å². The molecule has 0 radical (unpaired) electrons. The Morgan fingerprint density at radius 3 is 2.68 bits per heavy atom. The van der Waals surface area contributed by atoms with Crippen LogP contribution in [0.1, 0.15) is 65.6 Å².